The van der Waals surface area contributed by atoms with Gasteiger partial charge in [-0.15, -0.1) is 0 Å². The lowest BCUT2D eigenvalue weighted by Crippen LogP contribution is -2.20. The largest absolute Gasteiger partial charge is 0.478 e. The Morgan fingerprint density at radius 3 is 2.00 bits per heavy atom. The lowest BCUT2D eigenvalue weighted by molar-refractivity contribution is -0.0924. The van der Waals surface area contributed by atoms with Crippen LogP contribution < -0.4 is 0 Å². The first-order chi connectivity index (χ1) is 12.0. The highest BCUT2D eigenvalue weighted by Crippen LogP contribution is 2.29. The molecule has 0 fully saturated rings. The average Bonchev–Trinajstić information content (AvgIpc) is 2.56. The fraction of sp³-hybridized carbons (Fsp3) is 0.444. The molecule has 0 radical (unpaired) electrons. The summed E-state index contributed by atoms with van der Waals surface area (Å²) in [7, 11) is 0. The maximum Gasteiger partial charge on any atom is 0.433 e. The van der Waals surface area contributed by atoms with Crippen LogP contribution in [0.3, 0.4) is 0 Å². The van der Waals surface area contributed by atoms with E-state index in [2.05, 4.69) is 4.99 Å². The Hall–Kier alpha value is -2.25. The molecule has 0 aliphatic carbocycles. The molecule has 0 saturated heterocycles. The number of carboxylic acid groups (broad SMARTS) is 1. The summed E-state index contributed by atoms with van der Waals surface area (Å²) in [6.07, 6.45) is -3.79. The molecule has 1 atom stereocenters. The summed E-state index contributed by atoms with van der Waals surface area (Å²) >= 11 is 0. The van der Waals surface area contributed by atoms with Crippen LogP contribution in [0.4, 0.5) is 22.0 Å². The van der Waals surface area contributed by atoms with Gasteiger partial charge in [0.05, 0.1) is 16.8 Å². The van der Waals surface area contributed by atoms with Gasteiger partial charge >= 0.3 is 12.1 Å². The molecule has 1 aromatic carbocycles. The summed E-state index contributed by atoms with van der Waals surface area (Å²) in [5.74, 6) is -4.78. The van der Waals surface area contributed by atoms with Crippen molar-refractivity contribution in [1.82, 2.24) is 0 Å². The molecule has 3 nitrogen and oxygen atoms in total. The van der Waals surface area contributed by atoms with Gasteiger partial charge in [-0.2, -0.15) is 13.2 Å². The number of rotatable bonds is 5. The van der Waals surface area contributed by atoms with E-state index in [0.717, 1.165) is 6.92 Å². The van der Waals surface area contributed by atoms with Crippen molar-refractivity contribution in [1.29, 1.82) is 0 Å². The van der Waals surface area contributed by atoms with Crippen LogP contribution in [0.15, 0.2) is 28.9 Å². The molecule has 8 heteroatoms. The molecule has 0 heterocycles. The molecular weight excluding hydrogens is 357 g/mol. The van der Waals surface area contributed by atoms with E-state index < -0.39 is 52.2 Å². The van der Waals surface area contributed by atoms with Crippen molar-refractivity contribution >= 4 is 11.7 Å². The third-order valence-electron chi connectivity index (χ3n) is 3.43. The van der Waals surface area contributed by atoms with E-state index in [1.54, 1.807) is 6.92 Å². The zero-order chi connectivity index (χ0) is 20.7. The Morgan fingerprint density at radius 1 is 1.23 bits per heavy atom. The average molecular weight is 379 g/mol. The van der Waals surface area contributed by atoms with Gasteiger partial charge < -0.3 is 5.11 Å². The SMILES string of the molecule is C/C=C(\N=C(c1c(F)cc(C(=O)O)cc1F)C(C)CC)C(F)(F)F.CC. The van der Waals surface area contributed by atoms with Crippen molar-refractivity contribution in [2.45, 2.75) is 47.2 Å². The highest BCUT2D eigenvalue weighted by Gasteiger charge is 2.34. The molecule has 1 unspecified atom stereocenters. The Morgan fingerprint density at radius 2 is 1.69 bits per heavy atom. The number of aromatic carboxylic acids is 1. The molecular formula is C18H22F5NO2. The first-order valence-electron chi connectivity index (χ1n) is 8.07. The van der Waals surface area contributed by atoms with Crippen molar-refractivity contribution in [3.8, 4) is 0 Å². The van der Waals surface area contributed by atoms with E-state index in [1.807, 2.05) is 13.8 Å². The van der Waals surface area contributed by atoms with Gasteiger partial charge in [0.2, 0.25) is 0 Å². The minimum absolute atomic E-state index is 0.285. The quantitative estimate of drug-likeness (QED) is 0.505. The summed E-state index contributed by atoms with van der Waals surface area (Å²) < 4.78 is 67.1. The number of nitrogens with zero attached hydrogens (tertiary/aromatic N) is 1. The van der Waals surface area contributed by atoms with Crippen molar-refractivity contribution in [2.75, 3.05) is 0 Å². The van der Waals surface area contributed by atoms with Gasteiger partial charge in [0.1, 0.15) is 17.3 Å². The Kier molecular flexibility index (Phi) is 9.17. The Balaban J connectivity index is 0.00000301. The summed E-state index contributed by atoms with van der Waals surface area (Å²) in [4.78, 5) is 14.2. The lowest BCUT2D eigenvalue weighted by atomic mass is 9.94. The van der Waals surface area contributed by atoms with E-state index in [0.29, 0.717) is 18.2 Å². The van der Waals surface area contributed by atoms with Gasteiger partial charge in [-0.3, -0.25) is 0 Å². The molecule has 0 saturated carbocycles. The molecule has 1 rings (SSSR count). The second-order valence-electron chi connectivity index (χ2n) is 5.10. The number of carbonyl (C=O) groups is 1. The predicted molar refractivity (Wildman–Crippen MR) is 90.5 cm³/mol. The van der Waals surface area contributed by atoms with E-state index >= 15 is 0 Å². The fourth-order valence-corrected chi connectivity index (χ4v) is 1.97. The molecule has 26 heavy (non-hydrogen) atoms. The summed E-state index contributed by atoms with van der Waals surface area (Å²) in [6, 6.07) is 1.11. The minimum Gasteiger partial charge on any atom is -0.478 e. The first kappa shape index (κ1) is 23.8. The van der Waals surface area contributed by atoms with Gasteiger partial charge in [-0.25, -0.2) is 18.6 Å². The molecule has 0 aliphatic heterocycles. The molecule has 0 aliphatic rings. The van der Waals surface area contributed by atoms with Crippen LogP contribution in [-0.4, -0.2) is 23.0 Å². The first-order valence-corrected chi connectivity index (χ1v) is 8.07. The number of halogens is 5. The maximum atomic E-state index is 14.2. The third kappa shape index (κ3) is 5.93. The Labute approximate surface area is 149 Å². The number of hydrogen-bond donors (Lipinski definition) is 1. The molecule has 1 N–H and O–H groups in total. The second kappa shape index (κ2) is 10.0. The number of allylic oxidation sites excluding steroid dienone is 2. The number of benzene rings is 1. The van der Waals surface area contributed by atoms with Gasteiger partial charge in [0.25, 0.3) is 0 Å². The molecule has 146 valence electrons. The second-order valence-corrected chi connectivity index (χ2v) is 5.10. The van der Waals surface area contributed by atoms with E-state index in [1.165, 1.54) is 6.92 Å². The van der Waals surface area contributed by atoms with Crippen LogP contribution in [0, 0.1) is 17.6 Å². The monoisotopic (exact) mass is 379 g/mol. The Bertz CT molecular complexity index is 670. The van der Waals surface area contributed by atoms with Gasteiger partial charge in [-0.1, -0.05) is 33.8 Å². The zero-order valence-corrected chi connectivity index (χ0v) is 15.2. The predicted octanol–water partition coefficient (Wildman–Crippen LogP) is 5.99. The molecule has 0 spiro atoms. The zero-order valence-electron chi connectivity index (χ0n) is 15.2. The number of alkyl halides is 3. The van der Waals surface area contributed by atoms with Crippen molar-refractivity contribution in [3.05, 3.63) is 46.7 Å². The van der Waals surface area contributed by atoms with Crippen LogP contribution >= 0.6 is 0 Å². The molecule has 0 amide bonds. The summed E-state index contributed by atoms with van der Waals surface area (Å²) in [5.41, 5.74) is -3.09. The van der Waals surface area contributed by atoms with Crippen molar-refractivity contribution < 1.29 is 31.9 Å². The highest BCUT2D eigenvalue weighted by molar-refractivity contribution is 6.03. The van der Waals surface area contributed by atoms with Crippen LogP contribution in [0.5, 0.6) is 0 Å². The van der Waals surface area contributed by atoms with E-state index in [-0.39, 0.29) is 6.42 Å². The van der Waals surface area contributed by atoms with Gasteiger partial charge in [0, 0.05) is 0 Å². The molecule has 0 aromatic heterocycles. The minimum atomic E-state index is -4.78. The number of aliphatic imine (C=N–C) groups is 1. The van der Waals surface area contributed by atoms with Crippen LogP contribution in [0.25, 0.3) is 0 Å². The van der Waals surface area contributed by atoms with Crippen molar-refractivity contribution in [2.24, 2.45) is 10.9 Å². The van der Waals surface area contributed by atoms with Crippen LogP contribution in [-0.2, 0) is 0 Å². The normalized spacial score (nSPS) is 13.8. The van der Waals surface area contributed by atoms with E-state index in [9.17, 15) is 26.7 Å². The van der Waals surface area contributed by atoms with Gasteiger partial charge in [-0.05, 0) is 31.4 Å². The van der Waals surface area contributed by atoms with Gasteiger partial charge in [0.15, 0.2) is 0 Å². The van der Waals surface area contributed by atoms with Crippen LogP contribution in [0.1, 0.15) is 57.0 Å². The third-order valence-corrected chi connectivity index (χ3v) is 3.43. The summed E-state index contributed by atoms with van der Waals surface area (Å²) in [5, 5.41) is 8.79. The maximum absolute atomic E-state index is 14.2. The topological polar surface area (TPSA) is 49.7 Å². The fourth-order valence-electron chi connectivity index (χ4n) is 1.97. The molecule has 1 aromatic rings. The number of hydrogen-bond acceptors (Lipinski definition) is 2. The standard InChI is InChI=1S/C16H16F5NO2.C2H6/c1-4-8(3)14(22-12(5-2)16(19,20)21)13-10(17)6-9(15(23)24)7-11(13)18;1-2/h5-8H,4H2,1-3H3,(H,23,24);1-2H3/b12-5-,22-14?;. The van der Waals surface area contributed by atoms with Crippen LogP contribution in [0.2, 0.25) is 0 Å². The molecule has 0 bridgehead atoms. The number of carboxylic acids is 1. The highest BCUT2D eigenvalue weighted by atomic mass is 19.4. The summed E-state index contributed by atoms with van der Waals surface area (Å²) in [6.45, 7) is 8.22. The lowest BCUT2D eigenvalue weighted by Gasteiger charge is -2.17. The van der Waals surface area contributed by atoms with Crippen molar-refractivity contribution in [3.63, 3.8) is 0 Å². The van der Waals surface area contributed by atoms with E-state index in [4.69, 9.17) is 5.11 Å². The smallest absolute Gasteiger partial charge is 0.433 e.